The smallest absolute Gasteiger partial charge is 0.230 e. The lowest BCUT2D eigenvalue weighted by atomic mass is 9.63. The van der Waals surface area contributed by atoms with Gasteiger partial charge in [-0.05, 0) is 43.9 Å². The molecule has 1 N–H and O–H groups in total. The standard InChI is InChI=1S/C19H22FN3O/c1-13-11-23-12-16(6-7-17(23)21-13)22-18(24)19(8-3-9-19)14-4-2-5-15(20)10-14/h2,4-5,10-11,16H,3,6-9,12H2,1H3,(H,22,24). The van der Waals surface area contributed by atoms with Crippen LogP contribution >= 0.6 is 0 Å². The Morgan fingerprint density at radius 2 is 2.25 bits per heavy atom. The van der Waals surface area contributed by atoms with E-state index in [1.54, 1.807) is 6.07 Å². The summed E-state index contributed by atoms with van der Waals surface area (Å²) < 4.78 is 15.7. The van der Waals surface area contributed by atoms with Gasteiger partial charge in [-0.3, -0.25) is 4.79 Å². The molecule has 5 heteroatoms. The van der Waals surface area contributed by atoms with Crippen molar-refractivity contribution in [3.8, 4) is 0 Å². The minimum absolute atomic E-state index is 0.0460. The highest BCUT2D eigenvalue weighted by molar-refractivity contribution is 5.89. The van der Waals surface area contributed by atoms with Crippen LogP contribution in [-0.2, 0) is 23.2 Å². The van der Waals surface area contributed by atoms with E-state index >= 15 is 0 Å². The lowest BCUT2D eigenvalue weighted by Gasteiger charge is -2.42. The molecule has 1 fully saturated rings. The molecule has 126 valence electrons. The predicted molar refractivity (Wildman–Crippen MR) is 89.1 cm³/mol. The van der Waals surface area contributed by atoms with Crippen LogP contribution in [0.15, 0.2) is 30.5 Å². The number of carbonyl (C=O) groups excluding carboxylic acids is 1. The Morgan fingerprint density at radius 3 is 2.96 bits per heavy atom. The number of fused-ring (bicyclic) bond motifs is 1. The molecule has 1 atom stereocenters. The number of nitrogens with one attached hydrogen (secondary N) is 1. The summed E-state index contributed by atoms with van der Waals surface area (Å²) in [5.74, 6) is 0.869. The summed E-state index contributed by atoms with van der Waals surface area (Å²) in [5, 5.41) is 3.22. The van der Waals surface area contributed by atoms with E-state index in [2.05, 4.69) is 14.9 Å². The molecular weight excluding hydrogens is 305 g/mol. The average molecular weight is 327 g/mol. The summed E-state index contributed by atoms with van der Waals surface area (Å²) in [4.78, 5) is 17.5. The van der Waals surface area contributed by atoms with E-state index in [-0.39, 0.29) is 17.8 Å². The molecule has 0 saturated heterocycles. The number of benzene rings is 1. The van der Waals surface area contributed by atoms with E-state index in [9.17, 15) is 9.18 Å². The van der Waals surface area contributed by atoms with E-state index in [4.69, 9.17) is 0 Å². The monoisotopic (exact) mass is 327 g/mol. The quantitative estimate of drug-likeness (QED) is 0.942. The van der Waals surface area contributed by atoms with Gasteiger partial charge in [0.15, 0.2) is 0 Å². The Labute approximate surface area is 141 Å². The number of aromatic nitrogens is 2. The van der Waals surface area contributed by atoms with E-state index in [1.807, 2.05) is 19.2 Å². The Hall–Kier alpha value is -2.17. The molecule has 0 bridgehead atoms. The maximum absolute atomic E-state index is 13.6. The van der Waals surface area contributed by atoms with E-state index < -0.39 is 5.41 Å². The van der Waals surface area contributed by atoms with Crippen LogP contribution in [0.4, 0.5) is 4.39 Å². The third-order valence-electron chi connectivity index (χ3n) is 5.47. The number of hydrogen-bond donors (Lipinski definition) is 1. The molecule has 2 aliphatic rings. The van der Waals surface area contributed by atoms with Gasteiger partial charge in [0.1, 0.15) is 11.6 Å². The molecule has 1 aliphatic carbocycles. The number of nitrogens with zero attached hydrogens (tertiary/aromatic N) is 2. The molecule has 0 radical (unpaired) electrons. The zero-order valence-corrected chi connectivity index (χ0v) is 13.9. The molecule has 4 nitrogen and oxygen atoms in total. The molecule has 2 heterocycles. The summed E-state index contributed by atoms with van der Waals surface area (Å²) in [6.45, 7) is 2.76. The fraction of sp³-hybridized carbons (Fsp3) is 0.474. The molecular formula is C19H22FN3O. The van der Waals surface area contributed by atoms with Crippen molar-refractivity contribution in [1.29, 1.82) is 0 Å². The van der Waals surface area contributed by atoms with Crippen LogP contribution in [0.5, 0.6) is 0 Å². The topological polar surface area (TPSA) is 46.9 Å². The molecule has 1 aromatic heterocycles. The van der Waals surface area contributed by atoms with E-state index in [0.717, 1.165) is 55.7 Å². The maximum atomic E-state index is 13.6. The van der Waals surface area contributed by atoms with Gasteiger partial charge >= 0.3 is 0 Å². The van der Waals surface area contributed by atoms with Crippen molar-refractivity contribution in [2.75, 3.05) is 0 Å². The van der Waals surface area contributed by atoms with Gasteiger partial charge in [-0.1, -0.05) is 18.6 Å². The zero-order valence-electron chi connectivity index (χ0n) is 13.9. The van der Waals surface area contributed by atoms with Crippen LogP contribution in [0, 0.1) is 12.7 Å². The third kappa shape index (κ3) is 2.52. The first kappa shape index (κ1) is 15.4. The van der Waals surface area contributed by atoms with Crippen LogP contribution < -0.4 is 5.32 Å². The average Bonchev–Trinajstić information content (AvgIpc) is 2.85. The van der Waals surface area contributed by atoms with Gasteiger partial charge in [0, 0.05) is 25.2 Å². The molecule has 4 rings (SSSR count). The van der Waals surface area contributed by atoms with E-state index in [0.29, 0.717) is 0 Å². The SMILES string of the molecule is Cc1cn2c(n1)CCC(NC(=O)C1(c3cccc(F)c3)CCC1)C2. The minimum atomic E-state index is -0.548. The van der Waals surface area contributed by atoms with Crippen molar-refractivity contribution in [2.45, 2.75) is 57.0 Å². The highest BCUT2D eigenvalue weighted by Crippen LogP contribution is 2.44. The molecule has 1 aliphatic heterocycles. The Kier molecular flexibility index (Phi) is 3.66. The first-order chi connectivity index (χ1) is 11.6. The fourth-order valence-corrected chi connectivity index (χ4v) is 3.99. The lowest BCUT2D eigenvalue weighted by molar-refractivity contribution is -0.130. The summed E-state index contributed by atoms with van der Waals surface area (Å²) in [6.07, 6.45) is 6.43. The van der Waals surface area contributed by atoms with Gasteiger partial charge in [0.2, 0.25) is 5.91 Å². The number of imidazole rings is 1. The van der Waals surface area contributed by atoms with Crippen LogP contribution in [-0.4, -0.2) is 21.5 Å². The molecule has 2 aromatic rings. The fourth-order valence-electron chi connectivity index (χ4n) is 3.99. The third-order valence-corrected chi connectivity index (χ3v) is 5.47. The van der Waals surface area contributed by atoms with Crippen LogP contribution in [0.25, 0.3) is 0 Å². The van der Waals surface area contributed by atoms with Gasteiger partial charge in [-0.2, -0.15) is 0 Å². The molecule has 0 spiro atoms. The Bertz CT molecular complexity index is 779. The van der Waals surface area contributed by atoms with Gasteiger partial charge in [0.05, 0.1) is 11.1 Å². The van der Waals surface area contributed by atoms with Crippen LogP contribution in [0.2, 0.25) is 0 Å². The number of amides is 1. The molecule has 24 heavy (non-hydrogen) atoms. The second-order valence-electron chi connectivity index (χ2n) is 7.11. The van der Waals surface area contributed by atoms with E-state index in [1.165, 1.54) is 12.1 Å². The summed E-state index contributed by atoms with van der Waals surface area (Å²) in [6, 6.07) is 6.62. The largest absolute Gasteiger partial charge is 0.351 e. The Morgan fingerprint density at radius 1 is 1.42 bits per heavy atom. The zero-order chi connectivity index (χ0) is 16.7. The van der Waals surface area contributed by atoms with Gasteiger partial charge in [0.25, 0.3) is 0 Å². The molecule has 1 saturated carbocycles. The van der Waals surface area contributed by atoms with Crippen molar-refractivity contribution >= 4 is 5.91 Å². The highest BCUT2D eigenvalue weighted by atomic mass is 19.1. The second-order valence-corrected chi connectivity index (χ2v) is 7.11. The summed E-state index contributed by atoms with van der Waals surface area (Å²) in [7, 11) is 0. The van der Waals surface area contributed by atoms with Crippen molar-refractivity contribution < 1.29 is 9.18 Å². The number of rotatable bonds is 3. The summed E-state index contributed by atoms with van der Waals surface area (Å²) >= 11 is 0. The lowest BCUT2D eigenvalue weighted by Crippen LogP contribution is -2.53. The first-order valence-electron chi connectivity index (χ1n) is 8.66. The second kappa shape index (κ2) is 5.72. The number of aryl methyl sites for hydroxylation is 2. The highest BCUT2D eigenvalue weighted by Gasteiger charge is 2.46. The molecule has 1 amide bonds. The predicted octanol–water partition coefficient (Wildman–Crippen LogP) is 2.88. The normalized spacial score (nSPS) is 21.7. The van der Waals surface area contributed by atoms with Gasteiger partial charge < -0.3 is 9.88 Å². The van der Waals surface area contributed by atoms with Crippen molar-refractivity contribution in [1.82, 2.24) is 14.9 Å². The van der Waals surface area contributed by atoms with Crippen molar-refractivity contribution in [3.05, 3.63) is 53.4 Å². The number of hydrogen-bond acceptors (Lipinski definition) is 2. The minimum Gasteiger partial charge on any atom is -0.351 e. The Balaban J connectivity index is 1.51. The number of carbonyl (C=O) groups is 1. The number of halogens is 1. The molecule has 1 unspecified atom stereocenters. The maximum Gasteiger partial charge on any atom is 0.230 e. The van der Waals surface area contributed by atoms with Crippen LogP contribution in [0.3, 0.4) is 0 Å². The van der Waals surface area contributed by atoms with Crippen molar-refractivity contribution in [2.24, 2.45) is 0 Å². The van der Waals surface area contributed by atoms with Gasteiger partial charge in [-0.25, -0.2) is 9.37 Å². The van der Waals surface area contributed by atoms with Crippen LogP contribution in [0.1, 0.15) is 42.8 Å². The van der Waals surface area contributed by atoms with Crippen molar-refractivity contribution in [3.63, 3.8) is 0 Å². The molecule has 1 aromatic carbocycles. The first-order valence-corrected chi connectivity index (χ1v) is 8.66. The van der Waals surface area contributed by atoms with Gasteiger partial charge in [-0.15, -0.1) is 0 Å². The summed E-state index contributed by atoms with van der Waals surface area (Å²) in [5.41, 5.74) is 1.28.